The topological polar surface area (TPSA) is 88.8 Å². The molecule has 0 fully saturated rings. The van der Waals surface area contributed by atoms with E-state index in [9.17, 15) is 8.42 Å². The van der Waals surface area contributed by atoms with E-state index in [4.69, 9.17) is 5.73 Å². The number of nitrogen functional groups attached to an aromatic ring is 1. The minimum absolute atomic E-state index is 0.00806. The first-order valence-electron chi connectivity index (χ1n) is 4.22. The quantitative estimate of drug-likeness (QED) is 0.789. The molecule has 0 radical (unpaired) electrons. The zero-order chi connectivity index (χ0) is 10.9. The van der Waals surface area contributed by atoms with Gasteiger partial charge in [-0.25, -0.2) is 8.42 Å². The standard InChI is InChI=1S/C9H9N3O2S/c10-9-8(6-11-12-9)15(13,14)7-4-2-1-3-5-7/h1-6H,(H3,10,11,12). The predicted octanol–water partition coefficient (Wildman–Crippen LogP) is 0.825. The molecule has 1 aromatic carbocycles. The van der Waals surface area contributed by atoms with E-state index in [1.165, 1.54) is 18.3 Å². The summed E-state index contributed by atoms with van der Waals surface area (Å²) in [5, 5.41) is 6.00. The highest BCUT2D eigenvalue weighted by Crippen LogP contribution is 2.23. The second kappa shape index (κ2) is 3.39. The number of H-pyrrole nitrogens is 1. The molecule has 1 aromatic heterocycles. The second-order valence-electron chi connectivity index (χ2n) is 2.95. The highest BCUT2D eigenvalue weighted by molar-refractivity contribution is 7.91. The Morgan fingerprint density at radius 3 is 2.40 bits per heavy atom. The van der Waals surface area contributed by atoms with Gasteiger partial charge in [-0.2, -0.15) is 5.10 Å². The summed E-state index contributed by atoms with van der Waals surface area (Å²) in [5.41, 5.74) is 5.44. The molecule has 6 heteroatoms. The van der Waals surface area contributed by atoms with Crippen molar-refractivity contribution in [2.24, 2.45) is 0 Å². The van der Waals surface area contributed by atoms with Crippen LogP contribution >= 0.6 is 0 Å². The lowest BCUT2D eigenvalue weighted by Crippen LogP contribution is -2.03. The third kappa shape index (κ3) is 1.59. The summed E-state index contributed by atoms with van der Waals surface area (Å²) < 4.78 is 24.0. The molecule has 3 N–H and O–H groups in total. The highest BCUT2D eigenvalue weighted by atomic mass is 32.2. The van der Waals surface area contributed by atoms with Crippen LogP contribution in [-0.2, 0) is 9.84 Å². The third-order valence-electron chi connectivity index (χ3n) is 1.98. The molecule has 78 valence electrons. The van der Waals surface area contributed by atoms with Crippen LogP contribution in [0.4, 0.5) is 5.82 Å². The van der Waals surface area contributed by atoms with Crippen LogP contribution in [0.5, 0.6) is 0 Å². The van der Waals surface area contributed by atoms with Crippen molar-refractivity contribution in [3.05, 3.63) is 36.5 Å². The lowest BCUT2D eigenvalue weighted by Gasteiger charge is -2.01. The Kier molecular flexibility index (Phi) is 2.20. The van der Waals surface area contributed by atoms with Crippen molar-refractivity contribution in [3.8, 4) is 0 Å². The molecule has 0 spiro atoms. The Bertz CT molecular complexity index is 560. The van der Waals surface area contributed by atoms with E-state index in [-0.39, 0.29) is 15.6 Å². The van der Waals surface area contributed by atoms with E-state index in [1.54, 1.807) is 18.2 Å². The van der Waals surface area contributed by atoms with Gasteiger partial charge in [0.1, 0.15) is 4.90 Å². The molecule has 1 heterocycles. The summed E-state index contributed by atoms with van der Waals surface area (Å²) in [5.74, 6) is -0.0150. The Hall–Kier alpha value is -1.82. The lowest BCUT2D eigenvalue weighted by atomic mass is 10.4. The average Bonchev–Trinajstić information content (AvgIpc) is 2.66. The molecule has 0 aliphatic heterocycles. The van der Waals surface area contributed by atoms with Crippen molar-refractivity contribution in [1.29, 1.82) is 0 Å². The number of anilines is 1. The van der Waals surface area contributed by atoms with Crippen LogP contribution in [0.1, 0.15) is 0 Å². The Labute approximate surface area is 86.9 Å². The Balaban J connectivity index is 2.60. The average molecular weight is 223 g/mol. The van der Waals surface area contributed by atoms with Crippen LogP contribution in [0.3, 0.4) is 0 Å². The largest absolute Gasteiger partial charge is 0.381 e. The first-order chi connectivity index (χ1) is 7.12. The third-order valence-corrected chi connectivity index (χ3v) is 3.77. The first-order valence-corrected chi connectivity index (χ1v) is 5.70. The number of sulfone groups is 1. The molecule has 0 saturated carbocycles. The van der Waals surface area contributed by atoms with Crippen molar-refractivity contribution in [2.45, 2.75) is 9.79 Å². The monoisotopic (exact) mass is 223 g/mol. The number of benzene rings is 1. The normalized spacial score (nSPS) is 11.5. The molecule has 0 unspecified atom stereocenters. The molecule has 0 atom stereocenters. The fraction of sp³-hybridized carbons (Fsp3) is 0. The summed E-state index contributed by atoms with van der Waals surface area (Å²) in [4.78, 5) is 0.215. The number of aromatic amines is 1. The molecular weight excluding hydrogens is 214 g/mol. The minimum atomic E-state index is -3.55. The molecule has 0 aliphatic rings. The lowest BCUT2D eigenvalue weighted by molar-refractivity contribution is 0.596. The van der Waals surface area contributed by atoms with E-state index in [1.807, 2.05) is 0 Å². The SMILES string of the molecule is Nc1n[nH]cc1S(=O)(=O)c1ccccc1. The maximum Gasteiger partial charge on any atom is 0.211 e. The predicted molar refractivity (Wildman–Crippen MR) is 54.9 cm³/mol. The summed E-state index contributed by atoms with van der Waals surface area (Å²) in [7, 11) is -3.55. The molecule has 0 bridgehead atoms. The van der Waals surface area contributed by atoms with E-state index in [0.717, 1.165) is 0 Å². The molecular formula is C9H9N3O2S. The zero-order valence-corrected chi connectivity index (χ0v) is 8.53. The molecule has 0 amide bonds. The number of hydrogen-bond donors (Lipinski definition) is 2. The fourth-order valence-electron chi connectivity index (χ4n) is 1.23. The number of hydrogen-bond acceptors (Lipinski definition) is 4. The number of nitrogens with two attached hydrogens (primary N) is 1. The molecule has 5 nitrogen and oxygen atoms in total. The maximum atomic E-state index is 12.0. The van der Waals surface area contributed by atoms with Crippen LogP contribution in [0.15, 0.2) is 46.3 Å². The smallest absolute Gasteiger partial charge is 0.211 e. The molecule has 0 aliphatic carbocycles. The van der Waals surface area contributed by atoms with Crippen molar-refractivity contribution >= 4 is 15.7 Å². The maximum absolute atomic E-state index is 12.0. The highest BCUT2D eigenvalue weighted by Gasteiger charge is 2.21. The van der Waals surface area contributed by atoms with Crippen LogP contribution in [0, 0.1) is 0 Å². The zero-order valence-electron chi connectivity index (χ0n) is 7.71. The van der Waals surface area contributed by atoms with Gasteiger partial charge in [0.15, 0.2) is 5.82 Å². The van der Waals surface area contributed by atoms with E-state index >= 15 is 0 Å². The summed E-state index contributed by atoms with van der Waals surface area (Å²) in [6.45, 7) is 0. The number of aromatic nitrogens is 2. The molecule has 2 aromatic rings. The van der Waals surface area contributed by atoms with E-state index in [2.05, 4.69) is 10.2 Å². The first kappa shape index (κ1) is 9.72. The fourth-order valence-corrected chi connectivity index (χ4v) is 2.53. The number of nitrogens with one attached hydrogen (secondary N) is 1. The number of rotatable bonds is 2. The van der Waals surface area contributed by atoms with Crippen molar-refractivity contribution in [2.75, 3.05) is 5.73 Å². The van der Waals surface area contributed by atoms with Gasteiger partial charge in [0, 0.05) is 6.20 Å². The Morgan fingerprint density at radius 2 is 1.87 bits per heavy atom. The summed E-state index contributed by atoms with van der Waals surface area (Å²) >= 11 is 0. The number of nitrogens with zero attached hydrogens (tertiary/aromatic N) is 1. The van der Waals surface area contributed by atoms with Crippen LogP contribution in [0.2, 0.25) is 0 Å². The molecule has 0 saturated heterocycles. The summed E-state index contributed by atoms with van der Waals surface area (Å²) in [6, 6.07) is 8.09. The summed E-state index contributed by atoms with van der Waals surface area (Å²) in [6.07, 6.45) is 1.28. The van der Waals surface area contributed by atoms with Gasteiger partial charge in [-0.1, -0.05) is 18.2 Å². The second-order valence-corrected chi connectivity index (χ2v) is 4.87. The molecule has 2 rings (SSSR count). The van der Waals surface area contributed by atoms with Gasteiger partial charge in [0.2, 0.25) is 9.84 Å². The van der Waals surface area contributed by atoms with Crippen molar-refractivity contribution in [3.63, 3.8) is 0 Å². The van der Waals surface area contributed by atoms with Gasteiger partial charge in [-0.3, -0.25) is 5.10 Å². The van der Waals surface area contributed by atoms with E-state index < -0.39 is 9.84 Å². The Morgan fingerprint density at radius 1 is 1.20 bits per heavy atom. The van der Waals surface area contributed by atoms with Crippen molar-refractivity contribution in [1.82, 2.24) is 10.2 Å². The van der Waals surface area contributed by atoms with Gasteiger partial charge >= 0.3 is 0 Å². The van der Waals surface area contributed by atoms with Crippen LogP contribution < -0.4 is 5.73 Å². The molecule has 15 heavy (non-hydrogen) atoms. The van der Waals surface area contributed by atoms with Crippen LogP contribution in [-0.4, -0.2) is 18.6 Å². The van der Waals surface area contributed by atoms with Gasteiger partial charge < -0.3 is 5.73 Å². The van der Waals surface area contributed by atoms with Crippen LogP contribution in [0.25, 0.3) is 0 Å². The van der Waals surface area contributed by atoms with Gasteiger partial charge in [0.05, 0.1) is 4.90 Å². The minimum Gasteiger partial charge on any atom is -0.381 e. The van der Waals surface area contributed by atoms with E-state index in [0.29, 0.717) is 0 Å². The van der Waals surface area contributed by atoms with Gasteiger partial charge in [-0.15, -0.1) is 0 Å². The van der Waals surface area contributed by atoms with Gasteiger partial charge in [-0.05, 0) is 12.1 Å². The van der Waals surface area contributed by atoms with Gasteiger partial charge in [0.25, 0.3) is 0 Å². The van der Waals surface area contributed by atoms with Crippen molar-refractivity contribution < 1.29 is 8.42 Å².